The molecule has 1 aliphatic rings. The lowest BCUT2D eigenvalue weighted by Crippen LogP contribution is -2.38. The highest BCUT2D eigenvalue weighted by molar-refractivity contribution is 5.94. The van der Waals surface area contributed by atoms with Crippen molar-refractivity contribution in [3.8, 4) is 0 Å². The molecular weight excluding hydrogens is 330 g/mol. The molecule has 1 amide bonds. The maximum Gasteiger partial charge on any atom is 0.338 e. The van der Waals surface area contributed by atoms with Crippen molar-refractivity contribution in [2.75, 3.05) is 11.9 Å². The first kappa shape index (κ1) is 18.1. The zero-order chi connectivity index (χ0) is 18.4. The van der Waals surface area contributed by atoms with Crippen LogP contribution in [0.5, 0.6) is 0 Å². The maximum atomic E-state index is 12.2. The van der Waals surface area contributed by atoms with Crippen molar-refractivity contribution in [2.45, 2.75) is 37.7 Å². The number of benzene rings is 2. The van der Waals surface area contributed by atoms with E-state index in [1.165, 1.54) is 0 Å². The van der Waals surface area contributed by atoms with Gasteiger partial charge in [0.15, 0.2) is 12.2 Å². The van der Waals surface area contributed by atoms with Gasteiger partial charge in [-0.25, -0.2) is 4.79 Å². The third kappa shape index (κ3) is 4.49. The molecule has 5 nitrogen and oxygen atoms in total. The van der Waals surface area contributed by atoms with Gasteiger partial charge >= 0.3 is 5.97 Å². The first-order valence-electron chi connectivity index (χ1n) is 8.88. The van der Waals surface area contributed by atoms with Gasteiger partial charge in [-0.05, 0) is 49.3 Å². The number of carbonyl (C=O) groups excluding carboxylic acids is 2. The second-order valence-corrected chi connectivity index (χ2v) is 6.68. The number of nitrogens with one attached hydrogen (secondary N) is 1. The van der Waals surface area contributed by atoms with E-state index >= 15 is 0 Å². The summed E-state index contributed by atoms with van der Waals surface area (Å²) in [5.74, 6) is -1.12. The van der Waals surface area contributed by atoms with Gasteiger partial charge in [-0.1, -0.05) is 48.5 Å². The third-order valence-electron chi connectivity index (χ3n) is 4.67. The minimum Gasteiger partial charge on any atom is -0.453 e. The summed E-state index contributed by atoms with van der Waals surface area (Å²) in [6, 6.07) is 17.5. The van der Waals surface area contributed by atoms with E-state index in [-0.39, 0.29) is 0 Å². The highest BCUT2D eigenvalue weighted by Crippen LogP contribution is 2.30. The van der Waals surface area contributed by atoms with Crippen molar-refractivity contribution in [2.24, 2.45) is 0 Å². The van der Waals surface area contributed by atoms with Gasteiger partial charge in [-0.3, -0.25) is 4.79 Å². The van der Waals surface area contributed by atoms with E-state index in [0.29, 0.717) is 24.9 Å². The molecule has 3 rings (SSSR count). The van der Waals surface area contributed by atoms with Crippen molar-refractivity contribution in [3.05, 3.63) is 65.7 Å². The molecule has 5 heteroatoms. The standard InChI is InChI=1S/C21H23NO4/c23-19(15-26-20(24)21(25)12-6-7-13-21)22-18-11-5-4-10-17(18)14-16-8-2-1-3-9-16/h1-5,8-11,25H,6-7,12-15H2,(H,22,23). The monoisotopic (exact) mass is 353 g/mol. The van der Waals surface area contributed by atoms with E-state index in [4.69, 9.17) is 4.74 Å². The zero-order valence-electron chi connectivity index (χ0n) is 14.6. The Morgan fingerprint density at radius 1 is 1.00 bits per heavy atom. The molecule has 2 N–H and O–H groups in total. The predicted octanol–water partition coefficient (Wildman–Crippen LogP) is 3.06. The van der Waals surface area contributed by atoms with Gasteiger partial charge in [0.25, 0.3) is 5.91 Å². The second-order valence-electron chi connectivity index (χ2n) is 6.68. The lowest BCUT2D eigenvalue weighted by atomic mass is 10.0. The number of para-hydroxylation sites is 1. The first-order chi connectivity index (χ1) is 12.6. The van der Waals surface area contributed by atoms with E-state index in [1.54, 1.807) is 0 Å². The Morgan fingerprint density at radius 3 is 2.38 bits per heavy atom. The SMILES string of the molecule is O=C(COC(=O)C1(O)CCCC1)Nc1ccccc1Cc1ccccc1. The molecule has 0 spiro atoms. The molecule has 0 unspecified atom stereocenters. The lowest BCUT2D eigenvalue weighted by molar-refractivity contribution is -0.166. The topological polar surface area (TPSA) is 75.6 Å². The Labute approximate surface area is 153 Å². The fraction of sp³-hybridized carbons (Fsp3) is 0.333. The molecule has 136 valence electrons. The van der Waals surface area contributed by atoms with Crippen LogP contribution in [0.1, 0.15) is 36.8 Å². The predicted molar refractivity (Wildman–Crippen MR) is 98.7 cm³/mol. The van der Waals surface area contributed by atoms with Gasteiger partial charge in [0.2, 0.25) is 0 Å². The largest absolute Gasteiger partial charge is 0.453 e. The maximum absolute atomic E-state index is 12.2. The van der Waals surface area contributed by atoms with E-state index < -0.39 is 24.1 Å². The number of hydrogen-bond acceptors (Lipinski definition) is 4. The van der Waals surface area contributed by atoms with Crippen LogP contribution in [0.25, 0.3) is 0 Å². The minimum atomic E-state index is -1.43. The normalized spacial score (nSPS) is 15.4. The molecule has 1 fully saturated rings. The van der Waals surface area contributed by atoms with E-state index in [1.807, 2.05) is 54.6 Å². The van der Waals surface area contributed by atoms with Gasteiger partial charge in [-0.2, -0.15) is 0 Å². The van der Waals surface area contributed by atoms with Crippen LogP contribution in [0.4, 0.5) is 5.69 Å². The molecular formula is C21H23NO4. The summed E-state index contributed by atoms with van der Waals surface area (Å²) in [7, 11) is 0. The lowest BCUT2D eigenvalue weighted by Gasteiger charge is -2.19. The Balaban J connectivity index is 1.58. The second kappa shape index (κ2) is 8.15. The molecule has 0 radical (unpaired) electrons. The molecule has 0 heterocycles. The quantitative estimate of drug-likeness (QED) is 0.783. The molecule has 0 saturated heterocycles. The van der Waals surface area contributed by atoms with Crippen LogP contribution in [0, 0.1) is 0 Å². The van der Waals surface area contributed by atoms with E-state index in [2.05, 4.69) is 5.32 Å². The summed E-state index contributed by atoms with van der Waals surface area (Å²) < 4.78 is 5.02. The molecule has 2 aromatic carbocycles. The first-order valence-corrected chi connectivity index (χ1v) is 8.88. The van der Waals surface area contributed by atoms with Crippen LogP contribution < -0.4 is 5.32 Å². The van der Waals surface area contributed by atoms with Crippen LogP contribution >= 0.6 is 0 Å². The van der Waals surface area contributed by atoms with Crippen LogP contribution in [-0.2, 0) is 20.7 Å². The number of carbonyl (C=O) groups is 2. The third-order valence-corrected chi connectivity index (χ3v) is 4.67. The van der Waals surface area contributed by atoms with Crippen molar-refractivity contribution in [1.82, 2.24) is 0 Å². The highest BCUT2D eigenvalue weighted by atomic mass is 16.6. The van der Waals surface area contributed by atoms with Crippen molar-refractivity contribution < 1.29 is 19.4 Å². The average Bonchev–Trinajstić information content (AvgIpc) is 3.10. The molecule has 0 atom stereocenters. The van der Waals surface area contributed by atoms with Gasteiger partial charge in [0.05, 0.1) is 0 Å². The fourth-order valence-corrected chi connectivity index (χ4v) is 3.23. The molecule has 1 aliphatic carbocycles. The summed E-state index contributed by atoms with van der Waals surface area (Å²) >= 11 is 0. The Morgan fingerprint density at radius 2 is 1.65 bits per heavy atom. The molecule has 26 heavy (non-hydrogen) atoms. The Kier molecular flexibility index (Phi) is 5.68. The van der Waals surface area contributed by atoms with Crippen LogP contribution in [-0.4, -0.2) is 29.2 Å². The van der Waals surface area contributed by atoms with Crippen LogP contribution in [0.15, 0.2) is 54.6 Å². The summed E-state index contributed by atoms with van der Waals surface area (Å²) in [6.07, 6.45) is 3.08. The Bertz CT molecular complexity index is 767. The molecule has 0 aliphatic heterocycles. The van der Waals surface area contributed by atoms with Crippen molar-refractivity contribution in [1.29, 1.82) is 0 Å². The van der Waals surface area contributed by atoms with Crippen molar-refractivity contribution >= 4 is 17.6 Å². The van der Waals surface area contributed by atoms with E-state index in [9.17, 15) is 14.7 Å². The highest BCUT2D eigenvalue weighted by Gasteiger charge is 2.40. The number of anilines is 1. The number of amides is 1. The van der Waals surface area contributed by atoms with Crippen molar-refractivity contribution in [3.63, 3.8) is 0 Å². The van der Waals surface area contributed by atoms with Gasteiger partial charge in [-0.15, -0.1) is 0 Å². The number of aliphatic hydroxyl groups is 1. The van der Waals surface area contributed by atoms with Gasteiger partial charge in [0, 0.05) is 5.69 Å². The van der Waals surface area contributed by atoms with Crippen LogP contribution in [0.2, 0.25) is 0 Å². The average molecular weight is 353 g/mol. The number of esters is 1. The number of ether oxygens (including phenoxy) is 1. The smallest absolute Gasteiger partial charge is 0.338 e. The summed E-state index contributed by atoms with van der Waals surface area (Å²) in [5, 5.41) is 13.0. The minimum absolute atomic E-state index is 0.396. The van der Waals surface area contributed by atoms with Gasteiger partial charge in [0.1, 0.15) is 0 Å². The summed E-state index contributed by atoms with van der Waals surface area (Å²) in [4.78, 5) is 24.2. The fourth-order valence-electron chi connectivity index (χ4n) is 3.23. The molecule has 0 bridgehead atoms. The van der Waals surface area contributed by atoms with Crippen LogP contribution in [0.3, 0.4) is 0 Å². The Hall–Kier alpha value is -2.66. The number of hydrogen-bond donors (Lipinski definition) is 2. The molecule has 1 saturated carbocycles. The van der Waals surface area contributed by atoms with E-state index in [0.717, 1.165) is 24.0 Å². The summed E-state index contributed by atoms with van der Waals surface area (Å²) in [5.41, 5.74) is 1.39. The zero-order valence-corrected chi connectivity index (χ0v) is 14.6. The number of rotatable bonds is 6. The van der Waals surface area contributed by atoms with Gasteiger partial charge < -0.3 is 15.2 Å². The molecule has 2 aromatic rings. The molecule has 0 aromatic heterocycles. The summed E-state index contributed by atoms with van der Waals surface area (Å²) in [6.45, 7) is -0.402.